The minimum atomic E-state index is -1.18. The summed E-state index contributed by atoms with van der Waals surface area (Å²) in [4.78, 5) is 23.4. The third kappa shape index (κ3) is 3.16. The van der Waals surface area contributed by atoms with E-state index >= 15 is 0 Å². The van der Waals surface area contributed by atoms with Gasteiger partial charge in [-0.25, -0.2) is 4.79 Å². The van der Waals surface area contributed by atoms with Crippen LogP contribution in [0.5, 0.6) is 0 Å². The smallest absolute Gasteiger partial charge is 0.330 e. The number of amides is 1. The first kappa shape index (κ1) is 14.1. The molecule has 2 N–H and O–H groups in total. The molecule has 0 aliphatic carbocycles. The number of carboxylic acid groups (broad SMARTS) is 1. The van der Waals surface area contributed by atoms with Gasteiger partial charge in [-0.1, -0.05) is 48.0 Å². The van der Waals surface area contributed by atoms with Gasteiger partial charge in [0.05, 0.1) is 0 Å². The van der Waals surface area contributed by atoms with Crippen molar-refractivity contribution in [2.75, 3.05) is 0 Å². The van der Waals surface area contributed by atoms with Crippen LogP contribution in [-0.4, -0.2) is 17.0 Å². The van der Waals surface area contributed by atoms with E-state index in [9.17, 15) is 14.7 Å². The van der Waals surface area contributed by atoms with Gasteiger partial charge in [0, 0.05) is 16.1 Å². The zero-order valence-corrected chi connectivity index (χ0v) is 11.2. The molecule has 2 aromatic carbocycles. The topological polar surface area (TPSA) is 66.4 Å². The van der Waals surface area contributed by atoms with Crippen molar-refractivity contribution in [3.8, 4) is 0 Å². The van der Waals surface area contributed by atoms with Crippen LogP contribution in [0.3, 0.4) is 0 Å². The Hall–Kier alpha value is -2.33. The fourth-order valence-corrected chi connectivity index (χ4v) is 2.03. The molecule has 1 amide bonds. The molecule has 0 radical (unpaired) electrons. The number of rotatable bonds is 4. The van der Waals surface area contributed by atoms with Crippen LogP contribution in [-0.2, 0) is 4.79 Å². The van der Waals surface area contributed by atoms with Crippen LogP contribution in [0.1, 0.15) is 22.0 Å². The number of hydrogen-bond acceptors (Lipinski definition) is 2. The van der Waals surface area contributed by atoms with Gasteiger partial charge in [-0.2, -0.15) is 0 Å². The highest BCUT2D eigenvalue weighted by Gasteiger charge is 2.24. The van der Waals surface area contributed by atoms with E-state index in [2.05, 4.69) is 5.32 Å². The lowest BCUT2D eigenvalue weighted by Crippen LogP contribution is -2.33. The normalized spacial score (nSPS) is 11.7. The largest absolute Gasteiger partial charge is 0.479 e. The van der Waals surface area contributed by atoms with Gasteiger partial charge in [0.2, 0.25) is 0 Å². The van der Waals surface area contributed by atoms with Crippen molar-refractivity contribution in [3.63, 3.8) is 0 Å². The van der Waals surface area contributed by atoms with E-state index in [1.54, 1.807) is 54.6 Å². The Labute approximate surface area is 121 Å². The number of hydrogen-bond donors (Lipinski definition) is 2. The van der Waals surface area contributed by atoms with Gasteiger partial charge in [-0.15, -0.1) is 0 Å². The molecular formula is C15H12ClNO3. The molecule has 0 saturated carbocycles. The van der Waals surface area contributed by atoms with E-state index in [0.717, 1.165) is 0 Å². The number of carbonyl (C=O) groups excluding carboxylic acids is 1. The summed E-state index contributed by atoms with van der Waals surface area (Å²) in [5.41, 5.74) is 0.747. The van der Waals surface area contributed by atoms with E-state index in [1.165, 1.54) is 0 Å². The first-order valence-electron chi connectivity index (χ1n) is 5.92. The predicted molar refractivity (Wildman–Crippen MR) is 75.7 cm³/mol. The average molecular weight is 290 g/mol. The standard InChI is InChI=1S/C15H12ClNO3/c16-12-9-5-4-8-11(12)13(15(19)20)17-14(18)10-6-2-1-3-7-10/h1-9,13H,(H,17,18)(H,19,20). The summed E-state index contributed by atoms with van der Waals surface area (Å²) >= 11 is 5.98. The average Bonchev–Trinajstić information content (AvgIpc) is 2.46. The van der Waals surface area contributed by atoms with Crippen LogP contribution in [0.2, 0.25) is 5.02 Å². The van der Waals surface area contributed by atoms with Crippen LogP contribution < -0.4 is 5.32 Å². The van der Waals surface area contributed by atoms with Gasteiger partial charge < -0.3 is 10.4 Å². The highest BCUT2D eigenvalue weighted by atomic mass is 35.5. The van der Waals surface area contributed by atoms with E-state index in [1.807, 2.05) is 0 Å². The van der Waals surface area contributed by atoms with Crippen molar-refractivity contribution in [3.05, 3.63) is 70.7 Å². The molecule has 0 spiro atoms. The number of halogens is 1. The lowest BCUT2D eigenvalue weighted by Gasteiger charge is -2.16. The van der Waals surface area contributed by atoms with Gasteiger partial charge in [-0.3, -0.25) is 4.79 Å². The Morgan fingerprint density at radius 2 is 1.60 bits per heavy atom. The van der Waals surface area contributed by atoms with Gasteiger partial charge >= 0.3 is 5.97 Å². The Morgan fingerprint density at radius 3 is 2.20 bits per heavy atom. The van der Waals surface area contributed by atoms with Crippen molar-refractivity contribution >= 4 is 23.5 Å². The molecule has 20 heavy (non-hydrogen) atoms. The lowest BCUT2D eigenvalue weighted by atomic mass is 10.1. The minimum absolute atomic E-state index is 0.299. The SMILES string of the molecule is O=C(NC(C(=O)O)c1ccccc1Cl)c1ccccc1. The molecule has 0 fully saturated rings. The van der Waals surface area contributed by atoms with Gasteiger partial charge in [-0.05, 0) is 18.2 Å². The van der Waals surface area contributed by atoms with Crippen LogP contribution in [0.4, 0.5) is 0 Å². The third-order valence-corrected chi connectivity index (χ3v) is 3.12. The highest BCUT2D eigenvalue weighted by Crippen LogP contribution is 2.23. The molecule has 0 aliphatic heterocycles. The Bertz CT molecular complexity index is 628. The number of benzene rings is 2. The second kappa shape index (κ2) is 6.21. The van der Waals surface area contributed by atoms with E-state index in [-0.39, 0.29) is 0 Å². The van der Waals surface area contributed by atoms with E-state index in [0.29, 0.717) is 16.1 Å². The van der Waals surface area contributed by atoms with E-state index in [4.69, 9.17) is 11.6 Å². The Morgan fingerprint density at radius 1 is 1.00 bits per heavy atom. The zero-order valence-electron chi connectivity index (χ0n) is 10.4. The molecule has 0 aromatic heterocycles. The summed E-state index contributed by atoms with van der Waals surface area (Å²) in [5, 5.41) is 12.0. The maximum Gasteiger partial charge on any atom is 0.330 e. The first-order valence-corrected chi connectivity index (χ1v) is 6.30. The number of nitrogens with one attached hydrogen (secondary N) is 1. The molecule has 1 unspecified atom stereocenters. The maximum absolute atomic E-state index is 12.0. The molecule has 5 heteroatoms. The fraction of sp³-hybridized carbons (Fsp3) is 0.0667. The monoisotopic (exact) mass is 289 g/mol. The van der Waals surface area contributed by atoms with Gasteiger partial charge in [0.1, 0.15) is 0 Å². The van der Waals surface area contributed by atoms with Crippen molar-refractivity contribution < 1.29 is 14.7 Å². The quantitative estimate of drug-likeness (QED) is 0.909. The fourth-order valence-electron chi connectivity index (χ4n) is 1.79. The molecule has 102 valence electrons. The molecule has 2 rings (SSSR count). The van der Waals surface area contributed by atoms with Gasteiger partial charge in [0.25, 0.3) is 5.91 Å². The highest BCUT2D eigenvalue weighted by molar-refractivity contribution is 6.31. The van der Waals surface area contributed by atoms with Crippen molar-refractivity contribution in [1.29, 1.82) is 0 Å². The summed E-state index contributed by atoms with van der Waals surface area (Å²) in [7, 11) is 0. The summed E-state index contributed by atoms with van der Waals surface area (Å²) < 4.78 is 0. The zero-order chi connectivity index (χ0) is 14.5. The van der Waals surface area contributed by atoms with Gasteiger partial charge in [0.15, 0.2) is 6.04 Å². The van der Waals surface area contributed by atoms with Crippen LogP contribution >= 0.6 is 11.6 Å². The predicted octanol–water partition coefficient (Wildman–Crippen LogP) is 2.90. The number of aliphatic carboxylic acids is 1. The molecule has 1 atom stereocenters. The summed E-state index contributed by atoms with van der Waals surface area (Å²) in [5.74, 6) is -1.62. The number of carboxylic acids is 1. The first-order chi connectivity index (χ1) is 9.59. The Kier molecular flexibility index (Phi) is 4.38. The van der Waals surface area contributed by atoms with Crippen molar-refractivity contribution in [1.82, 2.24) is 5.32 Å². The summed E-state index contributed by atoms with van der Waals surface area (Å²) in [6, 6.07) is 13.8. The van der Waals surface area contributed by atoms with Crippen LogP contribution in [0, 0.1) is 0 Å². The van der Waals surface area contributed by atoms with E-state index < -0.39 is 17.9 Å². The Balaban J connectivity index is 2.26. The minimum Gasteiger partial charge on any atom is -0.479 e. The molecule has 0 heterocycles. The third-order valence-electron chi connectivity index (χ3n) is 2.77. The van der Waals surface area contributed by atoms with Crippen LogP contribution in [0.15, 0.2) is 54.6 Å². The summed E-state index contributed by atoms with van der Waals surface area (Å²) in [6.07, 6.45) is 0. The van der Waals surface area contributed by atoms with Crippen molar-refractivity contribution in [2.45, 2.75) is 6.04 Å². The second-order valence-corrected chi connectivity index (χ2v) is 4.54. The second-order valence-electron chi connectivity index (χ2n) is 4.13. The maximum atomic E-state index is 12.0. The van der Waals surface area contributed by atoms with Crippen LogP contribution in [0.25, 0.3) is 0 Å². The molecule has 0 saturated heterocycles. The lowest BCUT2D eigenvalue weighted by molar-refractivity contribution is -0.139. The molecule has 2 aromatic rings. The number of carbonyl (C=O) groups is 2. The molecule has 4 nitrogen and oxygen atoms in total. The molecular weight excluding hydrogens is 278 g/mol. The molecule has 0 bridgehead atoms. The molecule has 0 aliphatic rings. The summed E-state index contributed by atoms with van der Waals surface area (Å²) in [6.45, 7) is 0. The van der Waals surface area contributed by atoms with Crippen molar-refractivity contribution in [2.24, 2.45) is 0 Å².